The number of amides is 1. The van der Waals surface area contributed by atoms with Gasteiger partial charge in [0, 0.05) is 19.9 Å². The van der Waals surface area contributed by atoms with Gasteiger partial charge in [0.05, 0.1) is 19.1 Å². The molecule has 1 aliphatic carbocycles. The third kappa shape index (κ3) is 4.79. The molecule has 3 unspecified atom stereocenters. The van der Waals surface area contributed by atoms with E-state index in [1.807, 2.05) is 6.92 Å². The van der Waals surface area contributed by atoms with E-state index in [9.17, 15) is 9.90 Å². The fourth-order valence-corrected chi connectivity index (χ4v) is 2.51. The lowest BCUT2D eigenvalue weighted by Crippen LogP contribution is -2.34. The van der Waals surface area contributed by atoms with Crippen LogP contribution in [-0.2, 0) is 0 Å². The molecule has 2 rings (SSSR count). The van der Waals surface area contributed by atoms with Crippen LogP contribution in [0.2, 0.25) is 0 Å². The Balaban J connectivity index is 2.57. The first-order chi connectivity index (χ1) is 13.6. The highest BCUT2D eigenvalue weighted by atomic mass is 16.3. The molecule has 0 bridgehead atoms. The minimum Gasteiger partial charge on any atom is -0.393 e. The molecule has 1 aromatic rings. The summed E-state index contributed by atoms with van der Waals surface area (Å²) in [5, 5.41) is 12.5. The molecule has 0 spiro atoms. The van der Waals surface area contributed by atoms with Crippen molar-refractivity contribution in [3.05, 3.63) is 17.2 Å². The van der Waals surface area contributed by atoms with Crippen LogP contribution in [0, 0.1) is 5.92 Å². The largest absolute Gasteiger partial charge is 0.393 e. The Bertz CT molecular complexity index is 851. The number of H-pyrrole nitrogens is 1. The number of nitrogens with zero attached hydrogens (tertiary/aromatic N) is 2. The summed E-state index contributed by atoms with van der Waals surface area (Å²) in [7, 11) is 0. The molecule has 0 aliphatic heterocycles. The van der Waals surface area contributed by atoms with Crippen molar-refractivity contribution in [3.8, 4) is 0 Å². The SMILES string of the molecule is [2H]c1nc(NC(C)(C([2H])([2H])[2H])C([2H])([2H])[2H])[nH]c(=NC2CCC(C)C(O)C2)c1C(N)=O. The fraction of sp³-hybridized carbons (Fsp3) is 0.688. The molecule has 0 aromatic carbocycles. The summed E-state index contributed by atoms with van der Waals surface area (Å²) in [5.74, 6) is -1.20. The van der Waals surface area contributed by atoms with Crippen molar-refractivity contribution in [1.29, 1.82) is 0 Å². The molecule has 1 heterocycles. The van der Waals surface area contributed by atoms with Crippen molar-refractivity contribution in [3.63, 3.8) is 0 Å². The summed E-state index contributed by atoms with van der Waals surface area (Å²) in [4.78, 5) is 22.6. The first-order valence-electron chi connectivity index (χ1n) is 11.0. The first kappa shape index (κ1) is 10.1. The van der Waals surface area contributed by atoms with Crippen molar-refractivity contribution >= 4 is 11.9 Å². The highest BCUT2D eigenvalue weighted by molar-refractivity contribution is 5.92. The Hall–Kier alpha value is -1.89. The predicted molar refractivity (Wildman–Crippen MR) is 88.9 cm³/mol. The highest BCUT2D eigenvalue weighted by Gasteiger charge is 2.26. The summed E-state index contributed by atoms with van der Waals surface area (Å²) >= 11 is 0. The number of rotatable bonds is 3. The van der Waals surface area contributed by atoms with Gasteiger partial charge in [0.2, 0.25) is 5.95 Å². The van der Waals surface area contributed by atoms with Gasteiger partial charge in [-0.05, 0) is 45.8 Å². The van der Waals surface area contributed by atoms with E-state index in [-0.39, 0.29) is 29.0 Å². The molecule has 1 amide bonds. The van der Waals surface area contributed by atoms with Gasteiger partial charge in [-0.1, -0.05) is 6.92 Å². The minimum absolute atomic E-state index is 0.108. The summed E-state index contributed by atoms with van der Waals surface area (Å²) < 4.78 is 53.9. The van der Waals surface area contributed by atoms with E-state index in [0.717, 1.165) is 6.92 Å². The monoisotopic (exact) mass is 328 g/mol. The van der Waals surface area contributed by atoms with Crippen LogP contribution in [-0.4, -0.2) is 38.7 Å². The number of hydrogen-bond donors (Lipinski definition) is 4. The number of anilines is 1. The van der Waals surface area contributed by atoms with Gasteiger partial charge >= 0.3 is 0 Å². The molecule has 1 aromatic heterocycles. The molecule has 7 nitrogen and oxygen atoms in total. The molecule has 3 atom stereocenters. The van der Waals surface area contributed by atoms with Gasteiger partial charge in [0.1, 0.15) is 5.49 Å². The molecule has 23 heavy (non-hydrogen) atoms. The highest BCUT2D eigenvalue weighted by Crippen LogP contribution is 2.25. The molecule has 1 aliphatic rings. The Morgan fingerprint density at radius 1 is 1.65 bits per heavy atom. The van der Waals surface area contributed by atoms with Crippen molar-refractivity contribution in [2.24, 2.45) is 16.6 Å². The molecule has 5 N–H and O–H groups in total. The van der Waals surface area contributed by atoms with Crippen LogP contribution in [0.5, 0.6) is 0 Å². The van der Waals surface area contributed by atoms with Crippen LogP contribution in [0.15, 0.2) is 11.2 Å². The third-order valence-electron chi connectivity index (χ3n) is 3.81. The normalized spacial score (nSPS) is 31.7. The van der Waals surface area contributed by atoms with Gasteiger partial charge in [-0.2, -0.15) is 0 Å². The summed E-state index contributed by atoms with van der Waals surface area (Å²) in [6, 6.07) is -0.364. The van der Waals surface area contributed by atoms with E-state index in [2.05, 4.69) is 20.3 Å². The minimum atomic E-state index is -2.95. The summed E-state index contributed by atoms with van der Waals surface area (Å²) in [5.41, 5.74) is 2.54. The van der Waals surface area contributed by atoms with Gasteiger partial charge in [-0.3, -0.25) is 9.79 Å². The van der Waals surface area contributed by atoms with E-state index < -0.39 is 37.4 Å². The molecule has 1 fully saturated rings. The van der Waals surface area contributed by atoms with Gasteiger partial charge in [-0.15, -0.1) is 0 Å². The lowest BCUT2D eigenvalue weighted by Gasteiger charge is -2.28. The van der Waals surface area contributed by atoms with Crippen LogP contribution in [0.4, 0.5) is 5.95 Å². The Kier molecular flexibility index (Phi) is 2.93. The Labute approximate surface area is 146 Å². The number of aromatic nitrogens is 2. The summed E-state index contributed by atoms with van der Waals surface area (Å²) in [6.45, 7) is -2.97. The maximum Gasteiger partial charge on any atom is 0.254 e. The second kappa shape index (κ2) is 6.70. The van der Waals surface area contributed by atoms with E-state index >= 15 is 0 Å². The topological polar surface area (TPSA) is 116 Å². The van der Waals surface area contributed by atoms with Gasteiger partial charge in [0.15, 0.2) is 0 Å². The average molecular weight is 328 g/mol. The predicted octanol–water partition coefficient (Wildman–Crippen LogP) is 1.17. The molecule has 1 saturated carbocycles. The third-order valence-corrected chi connectivity index (χ3v) is 3.81. The van der Waals surface area contributed by atoms with Crippen molar-refractivity contribution in [2.75, 3.05) is 5.32 Å². The number of nitrogens with two attached hydrogens (primary N) is 1. The number of nitrogens with one attached hydrogen (secondary N) is 2. The van der Waals surface area contributed by atoms with E-state index in [4.69, 9.17) is 15.3 Å². The van der Waals surface area contributed by atoms with E-state index in [1.54, 1.807) is 0 Å². The maximum atomic E-state index is 11.8. The molecule has 0 radical (unpaired) electrons. The molecule has 128 valence electrons. The zero-order chi connectivity index (χ0) is 23.1. The lowest BCUT2D eigenvalue weighted by molar-refractivity contribution is 0.0704. The summed E-state index contributed by atoms with van der Waals surface area (Å²) in [6.07, 6.45) is 0.527. The second-order valence-corrected chi connectivity index (χ2v) is 6.18. The molecular weight excluding hydrogens is 294 g/mol. The van der Waals surface area contributed by atoms with E-state index in [1.165, 1.54) is 0 Å². The number of aliphatic hydroxyl groups excluding tert-OH is 1. The first-order valence-corrected chi connectivity index (χ1v) is 7.47. The number of aliphatic hydroxyl groups is 1. The van der Waals surface area contributed by atoms with Crippen LogP contribution in [0.3, 0.4) is 0 Å². The number of carbonyl (C=O) groups is 1. The smallest absolute Gasteiger partial charge is 0.254 e. The fourth-order valence-electron chi connectivity index (χ4n) is 2.51. The van der Waals surface area contributed by atoms with Crippen LogP contribution in [0.25, 0.3) is 0 Å². The van der Waals surface area contributed by atoms with Crippen LogP contribution >= 0.6 is 0 Å². The van der Waals surface area contributed by atoms with Crippen molar-refractivity contribution < 1.29 is 19.5 Å². The van der Waals surface area contributed by atoms with Gasteiger partial charge in [0.25, 0.3) is 5.91 Å². The second-order valence-electron chi connectivity index (χ2n) is 6.18. The average Bonchev–Trinajstić information content (AvgIpc) is 2.55. The van der Waals surface area contributed by atoms with Gasteiger partial charge < -0.3 is 21.1 Å². The molecular formula is C16H27N5O2. The Morgan fingerprint density at radius 2 is 2.39 bits per heavy atom. The zero-order valence-electron chi connectivity index (χ0n) is 20.2. The van der Waals surface area contributed by atoms with E-state index in [0.29, 0.717) is 19.3 Å². The van der Waals surface area contributed by atoms with Crippen LogP contribution < -0.4 is 16.5 Å². The Morgan fingerprint density at radius 3 is 3.00 bits per heavy atom. The lowest BCUT2D eigenvalue weighted by atomic mass is 9.85. The number of primary amides is 1. The molecule has 0 saturated heterocycles. The van der Waals surface area contributed by atoms with Crippen LogP contribution in [0.1, 0.15) is 66.8 Å². The number of carbonyl (C=O) groups excluding carboxylic acids is 1. The number of aromatic amines is 1. The maximum absolute atomic E-state index is 11.8. The quantitative estimate of drug-likeness (QED) is 0.666. The molecule has 7 heteroatoms. The number of hydrogen-bond acceptors (Lipinski definition) is 5. The standard InChI is InChI=1S/C16H27N5O2/c1-9-5-6-10(7-12(9)22)19-14-11(13(17)23)8-18-15(20-14)21-16(2,3)4/h8-10,12,22H,5-7H2,1-4H3,(H2,17,23)(H2,18,19,20,21)/i2D3,3D3,8D. The van der Waals surface area contributed by atoms with Crippen molar-refractivity contribution in [1.82, 2.24) is 9.97 Å². The van der Waals surface area contributed by atoms with Gasteiger partial charge in [-0.25, -0.2) is 4.98 Å². The van der Waals surface area contributed by atoms with Crippen molar-refractivity contribution in [2.45, 2.75) is 64.5 Å². The zero-order valence-corrected chi connectivity index (χ0v) is 13.2.